The van der Waals surface area contributed by atoms with Gasteiger partial charge in [-0.05, 0) is 31.0 Å². The quantitative estimate of drug-likeness (QED) is 0.880. The van der Waals surface area contributed by atoms with Crippen LogP contribution in [-0.4, -0.2) is 34.4 Å². The summed E-state index contributed by atoms with van der Waals surface area (Å²) < 4.78 is 18.6. The van der Waals surface area contributed by atoms with Gasteiger partial charge in [0.1, 0.15) is 5.82 Å². The first-order chi connectivity index (χ1) is 10.3. The molecule has 2 heterocycles. The molecule has 6 nitrogen and oxygen atoms in total. The summed E-state index contributed by atoms with van der Waals surface area (Å²) in [6, 6.07) is 6.16. The fraction of sp³-hybridized carbons (Fsp3) is 0.357. The van der Waals surface area contributed by atoms with E-state index < -0.39 is 0 Å². The Kier molecular flexibility index (Phi) is 4.20. The van der Waals surface area contributed by atoms with Gasteiger partial charge in [0.2, 0.25) is 5.95 Å². The molecule has 21 heavy (non-hydrogen) atoms. The standard InChI is InChI=1S/C14H16FN5O/c15-10-3-1-4-11(7-10)18-13-9-17-20-14(19-13)16-8-12-5-2-6-21-12/h1,3-4,7,9,12H,2,5-6,8H2,(H2,16,18,19,20). The van der Waals surface area contributed by atoms with Crippen LogP contribution in [0, 0.1) is 5.82 Å². The zero-order valence-electron chi connectivity index (χ0n) is 11.4. The molecule has 1 aliphatic rings. The topological polar surface area (TPSA) is 72.0 Å². The van der Waals surface area contributed by atoms with Crippen LogP contribution in [0.25, 0.3) is 0 Å². The second kappa shape index (κ2) is 6.45. The Hall–Kier alpha value is -2.28. The second-order valence-corrected chi connectivity index (χ2v) is 4.82. The fourth-order valence-corrected chi connectivity index (χ4v) is 2.16. The molecule has 0 amide bonds. The molecule has 0 saturated carbocycles. The SMILES string of the molecule is Fc1cccc(Nc2cnnc(NCC3CCCO3)n2)c1. The van der Waals surface area contributed by atoms with Crippen molar-refractivity contribution in [3.05, 3.63) is 36.3 Å². The normalized spacial score (nSPS) is 17.7. The van der Waals surface area contributed by atoms with Gasteiger partial charge in [-0.1, -0.05) is 6.07 Å². The highest BCUT2D eigenvalue weighted by Crippen LogP contribution is 2.16. The molecular weight excluding hydrogens is 273 g/mol. The number of hydrogen-bond acceptors (Lipinski definition) is 6. The second-order valence-electron chi connectivity index (χ2n) is 4.82. The monoisotopic (exact) mass is 289 g/mol. The van der Waals surface area contributed by atoms with Crippen molar-refractivity contribution >= 4 is 17.5 Å². The maximum Gasteiger partial charge on any atom is 0.244 e. The smallest absolute Gasteiger partial charge is 0.244 e. The van der Waals surface area contributed by atoms with E-state index in [-0.39, 0.29) is 11.9 Å². The van der Waals surface area contributed by atoms with Gasteiger partial charge in [-0.3, -0.25) is 0 Å². The van der Waals surface area contributed by atoms with Gasteiger partial charge in [0.15, 0.2) is 5.82 Å². The summed E-state index contributed by atoms with van der Waals surface area (Å²) in [7, 11) is 0. The molecule has 0 aliphatic carbocycles. The number of anilines is 3. The van der Waals surface area contributed by atoms with Gasteiger partial charge in [0, 0.05) is 18.8 Å². The molecule has 2 aromatic rings. The van der Waals surface area contributed by atoms with Crippen LogP contribution in [0.5, 0.6) is 0 Å². The van der Waals surface area contributed by atoms with Crippen molar-refractivity contribution in [3.8, 4) is 0 Å². The number of aromatic nitrogens is 3. The molecule has 1 atom stereocenters. The Morgan fingerprint density at radius 1 is 1.38 bits per heavy atom. The third kappa shape index (κ3) is 3.85. The molecule has 1 saturated heterocycles. The van der Waals surface area contributed by atoms with E-state index in [0.29, 0.717) is 24.0 Å². The summed E-state index contributed by atoms with van der Waals surface area (Å²) in [5.74, 6) is 0.621. The van der Waals surface area contributed by atoms with Crippen molar-refractivity contribution < 1.29 is 9.13 Å². The van der Waals surface area contributed by atoms with Gasteiger partial charge < -0.3 is 15.4 Å². The minimum atomic E-state index is -0.307. The number of halogens is 1. The van der Waals surface area contributed by atoms with E-state index in [0.717, 1.165) is 19.4 Å². The van der Waals surface area contributed by atoms with Crippen molar-refractivity contribution in [1.29, 1.82) is 0 Å². The summed E-state index contributed by atoms with van der Waals surface area (Å²) in [5, 5.41) is 13.9. The van der Waals surface area contributed by atoms with E-state index in [1.807, 2.05) is 0 Å². The molecule has 1 aliphatic heterocycles. The first-order valence-corrected chi connectivity index (χ1v) is 6.87. The zero-order chi connectivity index (χ0) is 14.5. The van der Waals surface area contributed by atoms with Gasteiger partial charge in [-0.2, -0.15) is 10.1 Å². The summed E-state index contributed by atoms with van der Waals surface area (Å²) in [6.45, 7) is 1.47. The third-order valence-corrected chi connectivity index (χ3v) is 3.17. The molecule has 1 unspecified atom stereocenters. The van der Waals surface area contributed by atoms with Gasteiger partial charge in [0.25, 0.3) is 0 Å². The molecule has 2 N–H and O–H groups in total. The number of hydrogen-bond donors (Lipinski definition) is 2. The molecule has 110 valence electrons. The molecule has 7 heteroatoms. The lowest BCUT2D eigenvalue weighted by Gasteiger charge is -2.11. The number of rotatable bonds is 5. The van der Waals surface area contributed by atoms with E-state index in [4.69, 9.17) is 4.74 Å². The molecule has 0 spiro atoms. The van der Waals surface area contributed by atoms with Crippen molar-refractivity contribution in [2.45, 2.75) is 18.9 Å². The van der Waals surface area contributed by atoms with Crippen LogP contribution in [0.2, 0.25) is 0 Å². The van der Waals surface area contributed by atoms with Gasteiger partial charge >= 0.3 is 0 Å². The lowest BCUT2D eigenvalue weighted by atomic mass is 10.2. The predicted molar refractivity (Wildman–Crippen MR) is 77.0 cm³/mol. The van der Waals surface area contributed by atoms with Crippen molar-refractivity contribution in [1.82, 2.24) is 15.2 Å². The Morgan fingerprint density at radius 3 is 3.14 bits per heavy atom. The third-order valence-electron chi connectivity index (χ3n) is 3.17. The highest BCUT2D eigenvalue weighted by atomic mass is 19.1. The number of nitrogens with zero attached hydrogens (tertiary/aromatic N) is 3. The highest BCUT2D eigenvalue weighted by Gasteiger charge is 2.15. The Balaban J connectivity index is 1.62. The van der Waals surface area contributed by atoms with E-state index >= 15 is 0 Å². The van der Waals surface area contributed by atoms with Crippen molar-refractivity contribution in [3.63, 3.8) is 0 Å². The molecule has 0 bridgehead atoms. The number of ether oxygens (including phenoxy) is 1. The van der Waals surface area contributed by atoms with Crippen molar-refractivity contribution in [2.75, 3.05) is 23.8 Å². The summed E-state index contributed by atoms with van der Waals surface area (Å²) >= 11 is 0. The first-order valence-electron chi connectivity index (χ1n) is 6.87. The predicted octanol–water partition coefficient (Wildman–Crippen LogP) is 2.35. The summed E-state index contributed by atoms with van der Waals surface area (Å²) in [4.78, 5) is 4.28. The lowest BCUT2D eigenvalue weighted by molar-refractivity contribution is 0.120. The molecule has 1 fully saturated rings. The average Bonchev–Trinajstić information content (AvgIpc) is 2.99. The van der Waals surface area contributed by atoms with Crippen LogP contribution in [0.3, 0.4) is 0 Å². The van der Waals surface area contributed by atoms with Gasteiger partial charge in [-0.25, -0.2) is 4.39 Å². The van der Waals surface area contributed by atoms with E-state index in [1.54, 1.807) is 12.1 Å². The molecule has 0 radical (unpaired) electrons. The van der Waals surface area contributed by atoms with Crippen LogP contribution < -0.4 is 10.6 Å². The van der Waals surface area contributed by atoms with Crippen LogP contribution in [0.15, 0.2) is 30.5 Å². The maximum atomic E-state index is 13.1. The Labute approximate surface area is 121 Å². The molecular formula is C14H16FN5O. The van der Waals surface area contributed by atoms with Crippen molar-refractivity contribution in [2.24, 2.45) is 0 Å². The van der Waals surface area contributed by atoms with Gasteiger partial charge in [-0.15, -0.1) is 5.10 Å². The summed E-state index contributed by atoms with van der Waals surface area (Å²) in [5.41, 5.74) is 0.612. The van der Waals surface area contributed by atoms with Crippen LogP contribution in [0.4, 0.5) is 21.8 Å². The minimum absolute atomic E-state index is 0.202. The largest absolute Gasteiger partial charge is 0.376 e. The molecule has 1 aromatic heterocycles. The summed E-state index contributed by atoms with van der Waals surface area (Å²) in [6.07, 6.45) is 3.82. The number of benzene rings is 1. The fourth-order valence-electron chi connectivity index (χ4n) is 2.16. The van der Waals surface area contributed by atoms with Crippen LogP contribution in [0.1, 0.15) is 12.8 Å². The maximum absolute atomic E-state index is 13.1. The zero-order valence-corrected chi connectivity index (χ0v) is 11.4. The molecule has 3 rings (SSSR count). The van der Waals surface area contributed by atoms with Gasteiger partial charge in [0.05, 0.1) is 12.3 Å². The Bertz CT molecular complexity index is 603. The molecule has 1 aromatic carbocycles. The van der Waals surface area contributed by atoms with Crippen LogP contribution >= 0.6 is 0 Å². The lowest BCUT2D eigenvalue weighted by Crippen LogP contribution is -2.20. The minimum Gasteiger partial charge on any atom is -0.376 e. The van der Waals surface area contributed by atoms with E-state index in [9.17, 15) is 4.39 Å². The van der Waals surface area contributed by atoms with Crippen LogP contribution in [-0.2, 0) is 4.74 Å². The van der Waals surface area contributed by atoms with E-state index in [1.165, 1.54) is 18.3 Å². The van der Waals surface area contributed by atoms with E-state index in [2.05, 4.69) is 25.8 Å². The number of nitrogens with one attached hydrogen (secondary N) is 2. The highest BCUT2D eigenvalue weighted by molar-refractivity contribution is 5.55. The Morgan fingerprint density at radius 2 is 2.33 bits per heavy atom. The average molecular weight is 289 g/mol. The first kappa shape index (κ1) is 13.7.